The predicted molar refractivity (Wildman–Crippen MR) is 87.2 cm³/mol. The molecule has 3 unspecified atom stereocenters. The maximum atomic E-state index is 12.8. The van der Waals surface area contributed by atoms with Crippen molar-refractivity contribution in [3.05, 3.63) is 30.3 Å². The molecule has 0 aromatic heterocycles. The van der Waals surface area contributed by atoms with E-state index in [2.05, 4.69) is 5.32 Å². The Morgan fingerprint density at radius 3 is 2.43 bits per heavy atom. The number of hydrogen-bond donors (Lipinski definition) is 1. The zero-order valence-electron chi connectivity index (χ0n) is 12.0. The lowest BCUT2D eigenvalue weighted by molar-refractivity contribution is -0.120. The van der Waals surface area contributed by atoms with E-state index in [0.29, 0.717) is 0 Å². The number of benzene rings is 1. The highest BCUT2D eigenvalue weighted by molar-refractivity contribution is 6.25. The molecule has 5 heteroatoms. The number of nitrogens with one attached hydrogen (secondary N) is 1. The van der Waals surface area contributed by atoms with Crippen molar-refractivity contribution in [3.8, 4) is 0 Å². The second-order valence-corrected chi connectivity index (χ2v) is 7.11. The van der Waals surface area contributed by atoms with Crippen molar-refractivity contribution < 1.29 is 4.79 Å². The minimum absolute atomic E-state index is 0.00931. The fourth-order valence-corrected chi connectivity index (χ4v) is 3.89. The van der Waals surface area contributed by atoms with E-state index < -0.39 is 0 Å². The number of amides is 1. The largest absolute Gasteiger partial charge is 0.315 e. The lowest BCUT2D eigenvalue weighted by Crippen LogP contribution is -2.49. The molecular weight excluding hydrogens is 307 g/mol. The first-order valence-corrected chi connectivity index (χ1v) is 8.32. The molecule has 5 atom stereocenters. The maximum absolute atomic E-state index is 12.8. The van der Waals surface area contributed by atoms with Crippen LogP contribution < -0.4 is 10.2 Å². The maximum Gasteiger partial charge on any atom is 0.231 e. The molecule has 0 radical (unpaired) electrons. The number of carbonyl (C=O) groups excluding carboxylic acids is 1. The van der Waals surface area contributed by atoms with E-state index >= 15 is 0 Å². The van der Waals surface area contributed by atoms with E-state index in [1.54, 1.807) is 0 Å². The molecule has 2 fully saturated rings. The molecule has 0 heterocycles. The van der Waals surface area contributed by atoms with Gasteiger partial charge in [-0.05, 0) is 38.4 Å². The lowest BCUT2D eigenvalue weighted by Gasteiger charge is -2.33. The average Bonchev–Trinajstić information content (AvgIpc) is 3.10. The summed E-state index contributed by atoms with van der Waals surface area (Å²) in [6, 6.07) is 10.2. The molecule has 1 aromatic carbocycles. The van der Waals surface area contributed by atoms with Crippen LogP contribution in [0.2, 0.25) is 0 Å². The molecule has 2 aliphatic rings. The second kappa shape index (κ2) is 6.15. The number of para-hydroxylation sites is 1. The van der Waals surface area contributed by atoms with Crippen molar-refractivity contribution in [1.29, 1.82) is 0 Å². The molecule has 114 valence electrons. The molecule has 3 rings (SSSR count). The van der Waals surface area contributed by atoms with Crippen molar-refractivity contribution >= 4 is 34.8 Å². The summed E-state index contributed by atoms with van der Waals surface area (Å²) in [6.07, 6.45) is 2.48. The van der Waals surface area contributed by atoms with Gasteiger partial charge in [-0.25, -0.2) is 0 Å². The Hall–Kier alpha value is -0.770. The Morgan fingerprint density at radius 2 is 1.86 bits per heavy atom. The molecule has 0 saturated heterocycles. The van der Waals surface area contributed by atoms with Crippen LogP contribution in [-0.4, -0.2) is 35.8 Å². The zero-order valence-corrected chi connectivity index (χ0v) is 13.5. The van der Waals surface area contributed by atoms with Gasteiger partial charge in [-0.3, -0.25) is 4.79 Å². The Kier molecular flexibility index (Phi) is 4.43. The van der Waals surface area contributed by atoms with Crippen molar-refractivity contribution in [1.82, 2.24) is 5.32 Å². The molecule has 2 saturated carbocycles. The molecule has 0 bridgehead atoms. The van der Waals surface area contributed by atoms with Crippen LogP contribution in [0.25, 0.3) is 0 Å². The van der Waals surface area contributed by atoms with E-state index in [-0.39, 0.29) is 34.7 Å². The van der Waals surface area contributed by atoms with Gasteiger partial charge < -0.3 is 10.2 Å². The van der Waals surface area contributed by atoms with Crippen LogP contribution in [0.1, 0.15) is 19.3 Å². The fourth-order valence-electron chi connectivity index (χ4n) is 3.22. The van der Waals surface area contributed by atoms with Gasteiger partial charge in [0.15, 0.2) is 0 Å². The van der Waals surface area contributed by atoms with Gasteiger partial charge in [0.2, 0.25) is 5.91 Å². The molecule has 1 N–H and O–H groups in total. The van der Waals surface area contributed by atoms with Gasteiger partial charge in [0.05, 0.1) is 12.0 Å². The number of nitrogens with zero attached hydrogens (tertiary/aromatic N) is 1. The fraction of sp³-hybridized carbons (Fsp3) is 0.562. The summed E-state index contributed by atoms with van der Waals surface area (Å²) in [5, 5.41) is 3.41. The van der Waals surface area contributed by atoms with E-state index in [1.165, 1.54) is 0 Å². The number of alkyl halides is 2. The van der Waals surface area contributed by atoms with Crippen molar-refractivity contribution in [2.75, 3.05) is 11.9 Å². The molecule has 1 aromatic rings. The Morgan fingerprint density at radius 1 is 1.19 bits per heavy atom. The number of anilines is 1. The summed E-state index contributed by atoms with van der Waals surface area (Å²) in [5.74, 6) is 0.0935. The highest BCUT2D eigenvalue weighted by Gasteiger charge is 2.48. The summed E-state index contributed by atoms with van der Waals surface area (Å²) in [5.41, 5.74) is 0.939. The number of halogens is 2. The van der Waals surface area contributed by atoms with Gasteiger partial charge >= 0.3 is 0 Å². The van der Waals surface area contributed by atoms with Crippen LogP contribution in [0.5, 0.6) is 0 Å². The quantitative estimate of drug-likeness (QED) is 0.862. The standard InChI is InChI=1S/C16H20Cl2N2O/c1-19-14-7-10(17)8-15(14)20(11-5-3-2-4-6-11)16(21)12-9-13(12)18/h2-6,10,12-15,19H,7-9H2,1H3/t10?,12-,13-,14?,15?/m0/s1. The third kappa shape index (κ3) is 3.05. The molecule has 21 heavy (non-hydrogen) atoms. The molecule has 1 amide bonds. The molecular formula is C16H20Cl2N2O. The number of rotatable bonds is 4. The van der Waals surface area contributed by atoms with Crippen LogP contribution in [0.15, 0.2) is 30.3 Å². The van der Waals surface area contributed by atoms with Crippen LogP contribution in [0.3, 0.4) is 0 Å². The van der Waals surface area contributed by atoms with Gasteiger partial charge in [-0.2, -0.15) is 0 Å². The van der Waals surface area contributed by atoms with Crippen molar-refractivity contribution in [2.24, 2.45) is 5.92 Å². The highest BCUT2D eigenvalue weighted by Crippen LogP contribution is 2.41. The van der Waals surface area contributed by atoms with Gasteiger partial charge in [0.1, 0.15) is 0 Å². The van der Waals surface area contributed by atoms with Crippen LogP contribution >= 0.6 is 23.2 Å². The minimum atomic E-state index is -0.0428. The molecule has 0 aliphatic heterocycles. The Balaban J connectivity index is 1.90. The van der Waals surface area contributed by atoms with Crippen LogP contribution in [0, 0.1) is 5.92 Å². The van der Waals surface area contributed by atoms with Crippen LogP contribution in [0.4, 0.5) is 5.69 Å². The zero-order chi connectivity index (χ0) is 15.0. The van der Waals surface area contributed by atoms with Crippen molar-refractivity contribution in [2.45, 2.75) is 42.1 Å². The van der Waals surface area contributed by atoms with E-state index in [0.717, 1.165) is 24.9 Å². The van der Waals surface area contributed by atoms with Crippen LogP contribution in [-0.2, 0) is 4.79 Å². The number of hydrogen-bond acceptors (Lipinski definition) is 2. The second-order valence-electron chi connectivity index (χ2n) is 5.93. The normalized spacial score (nSPS) is 34.7. The number of carbonyl (C=O) groups is 1. The minimum Gasteiger partial charge on any atom is -0.315 e. The third-order valence-electron chi connectivity index (χ3n) is 4.48. The Labute approximate surface area is 135 Å². The lowest BCUT2D eigenvalue weighted by atomic mass is 10.1. The number of likely N-dealkylation sites (N-methyl/N-ethyl adjacent to an activating group) is 1. The molecule has 2 aliphatic carbocycles. The Bertz CT molecular complexity index is 510. The average molecular weight is 327 g/mol. The molecule has 3 nitrogen and oxygen atoms in total. The first-order valence-electron chi connectivity index (χ1n) is 7.45. The van der Waals surface area contributed by atoms with Gasteiger partial charge in [-0.15, -0.1) is 23.2 Å². The SMILES string of the molecule is CNC1CC(Cl)CC1N(C(=O)[C@H]1C[C@@H]1Cl)c1ccccc1. The first kappa shape index (κ1) is 15.1. The van der Waals surface area contributed by atoms with Crippen molar-refractivity contribution in [3.63, 3.8) is 0 Å². The summed E-state index contributed by atoms with van der Waals surface area (Å²) >= 11 is 12.4. The van der Waals surface area contributed by atoms with E-state index in [9.17, 15) is 4.79 Å². The third-order valence-corrected chi connectivity index (χ3v) is 5.31. The molecule has 0 spiro atoms. The summed E-state index contributed by atoms with van der Waals surface area (Å²) < 4.78 is 0. The van der Waals surface area contributed by atoms with Gasteiger partial charge in [0.25, 0.3) is 0 Å². The summed E-state index contributed by atoms with van der Waals surface area (Å²) in [7, 11) is 1.93. The first-order chi connectivity index (χ1) is 10.1. The summed E-state index contributed by atoms with van der Waals surface area (Å²) in [4.78, 5) is 14.8. The van der Waals surface area contributed by atoms with Gasteiger partial charge in [0, 0.05) is 22.5 Å². The topological polar surface area (TPSA) is 32.3 Å². The smallest absolute Gasteiger partial charge is 0.231 e. The summed E-state index contributed by atoms with van der Waals surface area (Å²) in [6.45, 7) is 0. The van der Waals surface area contributed by atoms with Gasteiger partial charge in [-0.1, -0.05) is 18.2 Å². The van der Waals surface area contributed by atoms with E-state index in [4.69, 9.17) is 23.2 Å². The highest BCUT2D eigenvalue weighted by atomic mass is 35.5. The van der Waals surface area contributed by atoms with E-state index in [1.807, 2.05) is 42.3 Å². The monoisotopic (exact) mass is 326 g/mol. The predicted octanol–water partition coefficient (Wildman–Crippen LogP) is 3.00.